The predicted octanol–water partition coefficient (Wildman–Crippen LogP) is 0.952. The maximum absolute atomic E-state index is 5.00. The predicted molar refractivity (Wildman–Crippen MR) is 61.0 cm³/mol. The normalized spacial score (nSPS) is 22.5. The van der Waals surface area contributed by atoms with Crippen LogP contribution in [0.15, 0.2) is 4.52 Å². The van der Waals surface area contributed by atoms with E-state index >= 15 is 0 Å². The van der Waals surface area contributed by atoms with Crippen molar-refractivity contribution in [3.63, 3.8) is 0 Å². The summed E-state index contributed by atoms with van der Waals surface area (Å²) >= 11 is 0. The Kier molecular flexibility index (Phi) is 3.90. The second kappa shape index (κ2) is 5.41. The van der Waals surface area contributed by atoms with Crippen LogP contribution in [0.2, 0.25) is 0 Å². The Bertz CT molecular complexity index is 324. The van der Waals surface area contributed by atoms with Gasteiger partial charge in [0.1, 0.15) is 0 Å². The molecule has 0 radical (unpaired) electrons. The van der Waals surface area contributed by atoms with Gasteiger partial charge in [-0.1, -0.05) is 11.6 Å². The van der Waals surface area contributed by atoms with Crippen molar-refractivity contribution in [2.75, 3.05) is 20.1 Å². The Morgan fingerprint density at radius 1 is 1.50 bits per heavy atom. The Morgan fingerprint density at radius 3 is 3.06 bits per heavy atom. The average Bonchev–Trinajstić information content (AvgIpc) is 2.67. The molecule has 1 unspecified atom stereocenters. The summed E-state index contributed by atoms with van der Waals surface area (Å²) in [7, 11) is 2.01. The van der Waals surface area contributed by atoms with E-state index in [9.17, 15) is 0 Å². The van der Waals surface area contributed by atoms with E-state index in [1.165, 1.54) is 19.3 Å². The lowest BCUT2D eigenvalue weighted by atomic mass is 10.0. The molecule has 16 heavy (non-hydrogen) atoms. The average molecular weight is 224 g/mol. The Morgan fingerprint density at radius 2 is 2.38 bits per heavy atom. The van der Waals surface area contributed by atoms with Gasteiger partial charge < -0.3 is 9.84 Å². The number of nitrogens with one attached hydrogen (secondary N) is 1. The number of likely N-dealkylation sites (N-methyl/N-ethyl adjacent to an activating group) is 1. The zero-order valence-corrected chi connectivity index (χ0v) is 10.1. The Labute approximate surface area is 96.2 Å². The summed E-state index contributed by atoms with van der Waals surface area (Å²) in [6, 6.07) is 0.609. The van der Waals surface area contributed by atoms with Gasteiger partial charge in [-0.2, -0.15) is 4.98 Å². The molecule has 0 spiro atoms. The van der Waals surface area contributed by atoms with Gasteiger partial charge in [-0.15, -0.1) is 0 Å². The van der Waals surface area contributed by atoms with Crippen molar-refractivity contribution in [1.82, 2.24) is 20.4 Å². The summed E-state index contributed by atoms with van der Waals surface area (Å²) in [5, 5.41) is 7.21. The minimum Gasteiger partial charge on any atom is -0.340 e. The first-order chi connectivity index (χ1) is 7.79. The van der Waals surface area contributed by atoms with Crippen LogP contribution >= 0.6 is 0 Å². The second-order valence-electron chi connectivity index (χ2n) is 4.41. The number of aryl methyl sites for hydroxylation is 1. The van der Waals surface area contributed by atoms with Crippen LogP contribution in [0.3, 0.4) is 0 Å². The van der Waals surface area contributed by atoms with Crippen LogP contribution < -0.4 is 5.32 Å². The molecule has 1 aliphatic rings. The first-order valence-electron chi connectivity index (χ1n) is 5.97. The molecular formula is C11H20N4O. The molecule has 90 valence electrons. The largest absolute Gasteiger partial charge is 0.340 e. The summed E-state index contributed by atoms with van der Waals surface area (Å²) < 4.78 is 5.00. The number of piperidine rings is 1. The van der Waals surface area contributed by atoms with Crippen LogP contribution in [0.4, 0.5) is 0 Å². The SMILES string of the molecule is CNCC1CCCCN1Cc1noc(C)n1. The first kappa shape index (κ1) is 11.5. The number of nitrogens with zero attached hydrogens (tertiary/aromatic N) is 3. The van der Waals surface area contributed by atoms with E-state index in [1.54, 1.807) is 0 Å². The first-order valence-corrected chi connectivity index (χ1v) is 5.97. The van der Waals surface area contributed by atoms with Gasteiger partial charge in [0.2, 0.25) is 5.89 Å². The molecule has 0 aromatic carbocycles. The van der Waals surface area contributed by atoms with Gasteiger partial charge in [0.15, 0.2) is 5.82 Å². The van der Waals surface area contributed by atoms with E-state index in [1.807, 2.05) is 14.0 Å². The van der Waals surface area contributed by atoms with E-state index in [0.717, 1.165) is 25.5 Å². The molecule has 0 bridgehead atoms. The van der Waals surface area contributed by atoms with Crippen LogP contribution in [0, 0.1) is 6.92 Å². The highest BCUT2D eigenvalue weighted by molar-refractivity contribution is 4.87. The third-order valence-electron chi connectivity index (χ3n) is 3.10. The van der Waals surface area contributed by atoms with Crippen molar-refractivity contribution < 1.29 is 4.52 Å². The van der Waals surface area contributed by atoms with E-state index in [2.05, 4.69) is 20.4 Å². The van der Waals surface area contributed by atoms with Gasteiger partial charge in [0, 0.05) is 19.5 Å². The molecule has 1 aromatic heterocycles. The summed E-state index contributed by atoms with van der Waals surface area (Å²) in [5.74, 6) is 1.46. The number of hydrogen-bond donors (Lipinski definition) is 1. The second-order valence-corrected chi connectivity index (χ2v) is 4.41. The Hall–Kier alpha value is -0.940. The number of rotatable bonds is 4. The molecule has 1 aliphatic heterocycles. The highest BCUT2D eigenvalue weighted by Crippen LogP contribution is 2.18. The van der Waals surface area contributed by atoms with Crippen molar-refractivity contribution in [2.45, 2.75) is 38.8 Å². The van der Waals surface area contributed by atoms with E-state index in [-0.39, 0.29) is 0 Å². The number of likely N-dealkylation sites (tertiary alicyclic amines) is 1. The molecule has 1 atom stereocenters. The highest BCUT2D eigenvalue weighted by atomic mass is 16.5. The van der Waals surface area contributed by atoms with Crippen LogP contribution in [0.25, 0.3) is 0 Å². The fourth-order valence-corrected chi connectivity index (χ4v) is 2.32. The summed E-state index contributed by atoms with van der Waals surface area (Å²) in [4.78, 5) is 6.71. The lowest BCUT2D eigenvalue weighted by molar-refractivity contribution is 0.134. The topological polar surface area (TPSA) is 54.2 Å². The number of hydrogen-bond acceptors (Lipinski definition) is 5. The van der Waals surface area contributed by atoms with Crippen molar-refractivity contribution in [2.24, 2.45) is 0 Å². The minimum absolute atomic E-state index is 0.609. The molecule has 0 aliphatic carbocycles. The Balaban J connectivity index is 1.95. The molecule has 1 saturated heterocycles. The smallest absolute Gasteiger partial charge is 0.223 e. The van der Waals surface area contributed by atoms with Crippen LogP contribution in [0.5, 0.6) is 0 Å². The standard InChI is InChI=1S/C11H20N4O/c1-9-13-11(14-16-9)8-15-6-4-3-5-10(15)7-12-2/h10,12H,3-8H2,1-2H3. The molecule has 2 rings (SSSR count). The third kappa shape index (κ3) is 2.80. The van der Waals surface area contributed by atoms with Gasteiger partial charge >= 0.3 is 0 Å². The molecule has 5 heteroatoms. The molecule has 1 aromatic rings. The molecular weight excluding hydrogens is 204 g/mol. The van der Waals surface area contributed by atoms with Gasteiger partial charge in [0.25, 0.3) is 0 Å². The third-order valence-corrected chi connectivity index (χ3v) is 3.10. The van der Waals surface area contributed by atoms with Gasteiger partial charge in [-0.3, -0.25) is 4.90 Å². The van der Waals surface area contributed by atoms with E-state index in [4.69, 9.17) is 4.52 Å². The molecule has 5 nitrogen and oxygen atoms in total. The highest BCUT2D eigenvalue weighted by Gasteiger charge is 2.23. The summed E-state index contributed by atoms with van der Waals surface area (Å²) in [6.45, 7) is 4.82. The zero-order valence-electron chi connectivity index (χ0n) is 10.1. The fraction of sp³-hybridized carbons (Fsp3) is 0.818. The maximum Gasteiger partial charge on any atom is 0.223 e. The maximum atomic E-state index is 5.00. The van der Waals surface area contributed by atoms with Gasteiger partial charge in [-0.25, -0.2) is 0 Å². The fourth-order valence-electron chi connectivity index (χ4n) is 2.32. The van der Waals surface area contributed by atoms with Crippen molar-refractivity contribution in [3.05, 3.63) is 11.7 Å². The molecule has 0 amide bonds. The molecule has 1 fully saturated rings. The van der Waals surface area contributed by atoms with Gasteiger partial charge in [0.05, 0.1) is 6.54 Å². The van der Waals surface area contributed by atoms with Crippen molar-refractivity contribution in [3.8, 4) is 0 Å². The molecule has 1 N–H and O–H groups in total. The summed E-state index contributed by atoms with van der Waals surface area (Å²) in [6.07, 6.45) is 3.86. The number of aromatic nitrogens is 2. The lowest BCUT2D eigenvalue weighted by Gasteiger charge is -2.34. The quantitative estimate of drug-likeness (QED) is 0.825. The molecule has 0 saturated carbocycles. The minimum atomic E-state index is 0.609. The molecule has 2 heterocycles. The van der Waals surface area contributed by atoms with Crippen molar-refractivity contribution >= 4 is 0 Å². The van der Waals surface area contributed by atoms with E-state index in [0.29, 0.717) is 11.9 Å². The van der Waals surface area contributed by atoms with Crippen molar-refractivity contribution in [1.29, 1.82) is 0 Å². The van der Waals surface area contributed by atoms with Crippen LogP contribution in [-0.4, -0.2) is 41.2 Å². The van der Waals surface area contributed by atoms with Crippen LogP contribution in [-0.2, 0) is 6.54 Å². The zero-order chi connectivity index (χ0) is 11.4. The monoisotopic (exact) mass is 224 g/mol. The summed E-state index contributed by atoms with van der Waals surface area (Å²) in [5.41, 5.74) is 0. The lowest BCUT2D eigenvalue weighted by Crippen LogP contribution is -2.44. The van der Waals surface area contributed by atoms with Crippen LogP contribution in [0.1, 0.15) is 31.0 Å². The van der Waals surface area contributed by atoms with E-state index < -0.39 is 0 Å². The van der Waals surface area contributed by atoms with Gasteiger partial charge in [-0.05, 0) is 26.4 Å².